The van der Waals surface area contributed by atoms with Crippen molar-refractivity contribution < 1.29 is 9.59 Å². The smallest absolute Gasteiger partial charge is 0.253 e. The van der Waals surface area contributed by atoms with Gasteiger partial charge in [-0.15, -0.1) is 0 Å². The minimum atomic E-state index is 0.00886. The Morgan fingerprint density at radius 3 is 2.32 bits per heavy atom. The zero-order valence-electron chi connectivity index (χ0n) is 12.6. The Bertz CT molecular complexity index is 562. The van der Waals surface area contributed by atoms with Gasteiger partial charge in [0.05, 0.1) is 0 Å². The second kappa shape index (κ2) is 6.69. The van der Waals surface area contributed by atoms with E-state index in [2.05, 4.69) is 0 Å². The number of benzene rings is 1. The van der Waals surface area contributed by atoms with Gasteiger partial charge in [0.1, 0.15) is 0 Å². The molecule has 2 saturated heterocycles. The van der Waals surface area contributed by atoms with Gasteiger partial charge >= 0.3 is 0 Å². The summed E-state index contributed by atoms with van der Waals surface area (Å²) in [5.41, 5.74) is 0.622. The van der Waals surface area contributed by atoms with Gasteiger partial charge in [0.15, 0.2) is 0 Å². The lowest BCUT2D eigenvalue weighted by Gasteiger charge is -2.33. The van der Waals surface area contributed by atoms with Crippen LogP contribution in [0.3, 0.4) is 0 Å². The van der Waals surface area contributed by atoms with Crippen LogP contribution < -0.4 is 0 Å². The van der Waals surface area contributed by atoms with Crippen LogP contribution in [-0.4, -0.2) is 47.8 Å². The highest BCUT2D eigenvalue weighted by atomic mass is 35.5. The fourth-order valence-corrected chi connectivity index (χ4v) is 3.52. The number of hydrogen-bond donors (Lipinski definition) is 0. The average Bonchev–Trinajstić information content (AvgIpc) is 3.08. The standard InChI is InChI=1S/C17H21ClN2O2/c18-15-5-3-4-14(12-15)17(22)20-10-6-13(7-11-20)16(21)19-8-1-2-9-19/h3-5,12-13H,1-2,6-11H2. The molecule has 0 atom stereocenters. The van der Waals surface area contributed by atoms with Crippen LogP contribution in [0.15, 0.2) is 24.3 Å². The van der Waals surface area contributed by atoms with Gasteiger partial charge in [0.25, 0.3) is 5.91 Å². The molecule has 22 heavy (non-hydrogen) atoms. The molecule has 2 fully saturated rings. The SMILES string of the molecule is O=C(c1cccc(Cl)c1)N1CCC(C(=O)N2CCCC2)CC1. The molecule has 2 amide bonds. The summed E-state index contributed by atoms with van der Waals surface area (Å²) < 4.78 is 0. The first-order valence-electron chi connectivity index (χ1n) is 7.99. The van der Waals surface area contributed by atoms with Crippen LogP contribution >= 0.6 is 11.6 Å². The summed E-state index contributed by atoms with van der Waals surface area (Å²) >= 11 is 5.94. The Morgan fingerprint density at radius 2 is 1.68 bits per heavy atom. The first-order chi connectivity index (χ1) is 10.6. The minimum Gasteiger partial charge on any atom is -0.342 e. The summed E-state index contributed by atoms with van der Waals surface area (Å²) in [6.45, 7) is 3.10. The van der Waals surface area contributed by atoms with Crippen molar-refractivity contribution in [3.63, 3.8) is 0 Å². The summed E-state index contributed by atoms with van der Waals surface area (Å²) in [7, 11) is 0. The third kappa shape index (κ3) is 3.27. The van der Waals surface area contributed by atoms with Crippen molar-refractivity contribution in [3.05, 3.63) is 34.9 Å². The maximum absolute atomic E-state index is 12.5. The molecule has 0 radical (unpaired) electrons. The molecule has 0 saturated carbocycles. The van der Waals surface area contributed by atoms with Crippen molar-refractivity contribution in [1.82, 2.24) is 9.80 Å². The van der Waals surface area contributed by atoms with Gasteiger partial charge < -0.3 is 9.80 Å². The number of halogens is 1. The highest BCUT2D eigenvalue weighted by Gasteiger charge is 2.31. The van der Waals surface area contributed by atoms with Crippen molar-refractivity contribution in [3.8, 4) is 0 Å². The quantitative estimate of drug-likeness (QED) is 0.840. The predicted molar refractivity (Wildman–Crippen MR) is 85.9 cm³/mol. The molecule has 2 heterocycles. The molecule has 5 heteroatoms. The van der Waals surface area contributed by atoms with Crippen molar-refractivity contribution in [1.29, 1.82) is 0 Å². The second-order valence-electron chi connectivity index (χ2n) is 6.11. The summed E-state index contributed by atoms with van der Waals surface area (Å²) in [5, 5.41) is 0.574. The van der Waals surface area contributed by atoms with Gasteiger partial charge in [-0.05, 0) is 43.9 Å². The van der Waals surface area contributed by atoms with Crippen LogP contribution in [0.5, 0.6) is 0 Å². The molecule has 4 nitrogen and oxygen atoms in total. The molecule has 1 aromatic rings. The molecule has 2 aliphatic heterocycles. The number of carbonyl (C=O) groups excluding carboxylic acids is 2. The normalized spacial score (nSPS) is 19.5. The van der Waals surface area contributed by atoms with E-state index in [1.54, 1.807) is 24.3 Å². The van der Waals surface area contributed by atoms with Crippen LogP contribution in [0, 0.1) is 5.92 Å². The van der Waals surface area contributed by atoms with Gasteiger partial charge in [-0.2, -0.15) is 0 Å². The number of nitrogens with zero attached hydrogens (tertiary/aromatic N) is 2. The molecule has 0 aromatic heterocycles. The molecular weight excluding hydrogens is 300 g/mol. The van der Waals surface area contributed by atoms with E-state index in [4.69, 9.17) is 11.6 Å². The monoisotopic (exact) mass is 320 g/mol. The molecule has 0 bridgehead atoms. The second-order valence-corrected chi connectivity index (χ2v) is 6.55. The molecule has 0 unspecified atom stereocenters. The molecule has 2 aliphatic rings. The van der Waals surface area contributed by atoms with Gasteiger partial charge in [0.2, 0.25) is 5.91 Å². The van der Waals surface area contributed by atoms with Crippen LogP contribution in [0.25, 0.3) is 0 Å². The van der Waals surface area contributed by atoms with Gasteiger partial charge in [0, 0.05) is 42.7 Å². The Morgan fingerprint density at radius 1 is 1.00 bits per heavy atom. The number of likely N-dealkylation sites (tertiary alicyclic amines) is 2. The third-order valence-corrected chi connectivity index (χ3v) is 4.86. The zero-order chi connectivity index (χ0) is 15.5. The molecule has 0 N–H and O–H groups in total. The first kappa shape index (κ1) is 15.3. The lowest BCUT2D eigenvalue weighted by Crippen LogP contribution is -2.43. The van der Waals surface area contributed by atoms with E-state index in [0.29, 0.717) is 23.7 Å². The zero-order valence-corrected chi connectivity index (χ0v) is 13.4. The highest BCUT2D eigenvalue weighted by molar-refractivity contribution is 6.30. The molecule has 1 aromatic carbocycles. The molecule has 0 aliphatic carbocycles. The van der Waals surface area contributed by atoms with Gasteiger partial charge in [-0.1, -0.05) is 17.7 Å². The predicted octanol–water partition coefficient (Wildman–Crippen LogP) is 2.81. The summed E-state index contributed by atoms with van der Waals surface area (Å²) in [6.07, 6.45) is 3.78. The van der Waals surface area contributed by atoms with E-state index in [1.165, 1.54) is 0 Å². The number of carbonyl (C=O) groups is 2. The Labute approximate surface area is 136 Å². The van der Waals surface area contributed by atoms with Crippen molar-refractivity contribution in [2.45, 2.75) is 25.7 Å². The van der Waals surface area contributed by atoms with E-state index in [1.807, 2.05) is 9.80 Å². The van der Waals surface area contributed by atoms with Crippen molar-refractivity contribution >= 4 is 23.4 Å². The Hall–Kier alpha value is -1.55. The highest BCUT2D eigenvalue weighted by Crippen LogP contribution is 2.23. The number of rotatable bonds is 2. The van der Waals surface area contributed by atoms with Crippen molar-refractivity contribution in [2.75, 3.05) is 26.2 Å². The lowest BCUT2D eigenvalue weighted by molar-refractivity contribution is -0.135. The van der Waals surface area contributed by atoms with Crippen LogP contribution in [0.2, 0.25) is 5.02 Å². The molecule has 0 spiro atoms. The fourth-order valence-electron chi connectivity index (χ4n) is 3.33. The van der Waals surface area contributed by atoms with E-state index in [-0.39, 0.29) is 17.7 Å². The van der Waals surface area contributed by atoms with Gasteiger partial charge in [-0.25, -0.2) is 0 Å². The van der Waals surface area contributed by atoms with Crippen LogP contribution in [-0.2, 0) is 4.79 Å². The van der Waals surface area contributed by atoms with Crippen molar-refractivity contribution in [2.24, 2.45) is 5.92 Å². The largest absolute Gasteiger partial charge is 0.342 e. The van der Waals surface area contributed by atoms with E-state index in [9.17, 15) is 9.59 Å². The maximum Gasteiger partial charge on any atom is 0.253 e. The fraction of sp³-hybridized carbons (Fsp3) is 0.529. The summed E-state index contributed by atoms with van der Waals surface area (Å²) in [4.78, 5) is 28.7. The maximum atomic E-state index is 12.5. The van der Waals surface area contributed by atoms with Crippen LogP contribution in [0.1, 0.15) is 36.0 Å². The average molecular weight is 321 g/mol. The third-order valence-electron chi connectivity index (χ3n) is 4.62. The van der Waals surface area contributed by atoms with Gasteiger partial charge in [-0.3, -0.25) is 9.59 Å². The Kier molecular flexibility index (Phi) is 4.67. The van der Waals surface area contributed by atoms with Crippen LogP contribution in [0.4, 0.5) is 0 Å². The van der Waals surface area contributed by atoms with E-state index < -0.39 is 0 Å². The number of hydrogen-bond acceptors (Lipinski definition) is 2. The minimum absolute atomic E-state index is 0.00886. The first-order valence-corrected chi connectivity index (χ1v) is 8.36. The molecule has 118 valence electrons. The molecule has 3 rings (SSSR count). The number of amides is 2. The summed E-state index contributed by atoms with van der Waals surface area (Å²) in [6, 6.07) is 7.04. The number of piperidine rings is 1. The molecular formula is C17H21ClN2O2. The lowest BCUT2D eigenvalue weighted by atomic mass is 9.95. The summed E-state index contributed by atoms with van der Waals surface area (Å²) in [5.74, 6) is 0.378. The van der Waals surface area contributed by atoms with E-state index in [0.717, 1.165) is 38.8 Å². The van der Waals surface area contributed by atoms with E-state index >= 15 is 0 Å². The topological polar surface area (TPSA) is 40.6 Å². The Balaban J connectivity index is 1.57.